The first kappa shape index (κ1) is 15.4. The van der Waals surface area contributed by atoms with Crippen molar-refractivity contribution in [2.75, 3.05) is 6.54 Å². The molecule has 0 aromatic heterocycles. The lowest BCUT2D eigenvalue weighted by Gasteiger charge is -2.29. The lowest BCUT2D eigenvalue weighted by atomic mass is 10.0. The Hall–Kier alpha value is -0.640. The Morgan fingerprint density at radius 3 is 2.31 bits per heavy atom. The summed E-state index contributed by atoms with van der Waals surface area (Å²) in [5.41, 5.74) is 5.47. The highest BCUT2D eigenvalue weighted by atomic mass is 32.1. The van der Waals surface area contributed by atoms with E-state index < -0.39 is 0 Å². The van der Waals surface area contributed by atoms with Gasteiger partial charge in [-0.25, -0.2) is 0 Å². The average Bonchev–Trinajstić information content (AvgIpc) is 2.17. The van der Waals surface area contributed by atoms with Crippen LogP contribution in [0.15, 0.2) is 0 Å². The molecule has 16 heavy (non-hydrogen) atoms. The lowest BCUT2D eigenvalue weighted by molar-refractivity contribution is -0.136. The molecule has 0 aliphatic heterocycles. The van der Waals surface area contributed by atoms with Crippen LogP contribution in [0.2, 0.25) is 0 Å². The molecule has 3 nitrogen and oxygen atoms in total. The number of thiocarbonyl (C=S) groups is 1. The summed E-state index contributed by atoms with van der Waals surface area (Å²) in [5, 5.41) is 0. The van der Waals surface area contributed by atoms with Crippen LogP contribution in [0.4, 0.5) is 0 Å². The van der Waals surface area contributed by atoms with Gasteiger partial charge in [0.05, 0.1) is 4.99 Å². The Balaban J connectivity index is 4.40. The van der Waals surface area contributed by atoms with E-state index in [1.807, 2.05) is 25.7 Å². The zero-order chi connectivity index (χ0) is 12.7. The third-order valence-corrected chi connectivity index (χ3v) is 2.85. The van der Waals surface area contributed by atoms with Gasteiger partial charge in [0.25, 0.3) is 0 Å². The van der Waals surface area contributed by atoms with Crippen LogP contribution in [0.3, 0.4) is 0 Å². The summed E-state index contributed by atoms with van der Waals surface area (Å²) in [5.74, 6) is 0.312. The average molecular weight is 244 g/mol. The van der Waals surface area contributed by atoms with Crippen molar-refractivity contribution >= 4 is 23.1 Å². The SMILES string of the molecule is CCCC(C)C(=O)N(CCC(N)=S)C(C)C. The van der Waals surface area contributed by atoms with Crippen molar-refractivity contribution in [3.63, 3.8) is 0 Å². The van der Waals surface area contributed by atoms with Crippen molar-refractivity contribution in [2.45, 2.75) is 53.0 Å². The van der Waals surface area contributed by atoms with Crippen LogP contribution in [-0.4, -0.2) is 28.4 Å². The summed E-state index contributed by atoms with van der Waals surface area (Å²) in [6.07, 6.45) is 2.58. The van der Waals surface area contributed by atoms with Crippen molar-refractivity contribution in [1.29, 1.82) is 0 Å². The number of hydrogen-bond acceptors (Lipinski definition) is 2. The normalized spacial score (nSPS) is 12.6. The Labute approximate surface area is 104 Å². The van der Waals surface area contributed by atoms with Crippen LogP contribution in [0, 0.1) is 5.92 Å². The second-order valence-corrected chi connectivity index (χ2v) is 5.06. The number of carbonyl (C=O) groups excluding carboxylic acids is 1. The summed E-state index contributed by atoms with van der Waals surface area (Å²) in [7, 11) is 0. The molecule has 1 amide bonds. The monoisotopic (exact) mass is 244 g/mol. The molecular weight excluding hydrogens is 220 g/mol. The molecule has 0 radical (unpaired) electrons. The van der Waals surface area contributed by atoms with Gasteiger partial charge in [0.15, 0.2) is 0 Å². The van der Waals surface area contributed by atoms with Gasteiger partial charge >= 0.3 is 0 Å². The van der Waals surface area contributed by atoms with Crippen LogP contribution in [0.25, 0.3) is 0 Å². The highest BCUT2D eigenvalue weighted by Crippen LogP contribution is 2.12. The van der Waals surface area contributed by atoms with Crippen molar-refractivity contribution in [3.8, 4) is 0 Å². The maximum absolute atomic E-state index is 12.1. The molecule has 94 valence electrons. The van der Waals surface area contributed by atoms with Crippen LogP contribution in [0.5, 0.6) is 0 Å². The second kappa shape index (κ2) is 7.60. The van der Waals surface area contributed by atoms with Crippen molar-refractivity contribution < 1.29 is 4.79 Å². The molecule has 1 atom stereocenters. The molecular formula is C12H24N2OS. The van der Waals surface area contributed by atoms with Crippen LogP contribution >= 0.6 is 12.2 Å². The van der Waals surface area contributed by atoms with Gasteiger partial charge in [-0.1, -0.05) is 32.5 Å². The van der Waals surface area contributed by atoms with Crippen LogP contribution in [-0.2, 0) is 4.79 Å². The lowest BCUT2D eigenvalue weighted by Crippen LogP contribution is -2.41. The van der Waals surface area contributed by atoms with E-state index >= 15 is 0 Å². The fourth-order valence-electron chi connectivity index (χ4n) is 1.69. The fourth-order valence-corrected chi connectivity index (χ4v) is 1.78. The highest BCUT2D eigenvalue weighted by molar-refractivity contribution is 7.80. The van der Waals surface area contributed by atoms with E-state index in [1.165, 1.54) is 0 Å². The number of rotatable bonds is 7. The molecule has 0 saturated carbocycles. The number of carbonyl (C=O) groups is 1. The topological polar surface area (TPSA) is 46.3 Å². The minimum atomic E-state index is 0.0961. The van der Waals surface area contributed by atoms with Gasteiger partial charge in [-0.15, -0.1) is 0 Å². The third kappa shape index (κ3) is 5.45. The molecule has 4 heteroatoms. The van der Waals surface area contributed by atoms with Gasteiger partial charge < -0.3 is 10.6 Å². The molecule has 0 rings (SSSR count). The molecule has 0 aliphatic carbocycles. The first-order valence-electron chi connectivity index (χ1n) is 5.98. The van der Waals surface area contributed by atoms with Crippen LogP contribution in [0.1, 0.15) is 47.0 Å². The van der Waals surface area contributed by atoms with Crippen molar-refractivity contribution in [1.82, 2.24) is 4.90 Å². The Kier molecular flexibility index (Phi) is 7.30. The summed E-state index contributed by atoms with van der Waals surface area (Å²) in [6, 6.07) is 0.209. The second-order valence-electron chi connectivity index (χ2n) is 4.53. The van der Waals surface area contributed by atoms with E-state index in [-0.39, 0.29) is 17.9 Å². The highest BCUT2D eigenvalue weighted by Gasteiger charge is 2.21. The minimum Gasteiger partial charge on any atom is -0.393 e. The predicted molar refractivity (Wildman–Crippen MR) is 72.3 cm³/mol. The Bertz CT molecular complexity index is 241. The minimum absolute atomic E-state index is 0.0961. The molecule has 0 spiro atoms. The van der Waals surface area contributed by atoms with E-state index in [0.29, 0.717) is 18.0 Å². The first-order chi connectivity index (χ1) is 7.40. The first-order valence-corrected chi connectivity index (χ1v) is 6.39. The quantitative estimate of drug-likeness (QED) is 0.699. The van der Waals surface area contributed by atoms with Gasteiger partial charge in [-0.3, -0.25) is 4.79 Å². The molecule has 0 aromatic carbocycles. The molecule has 0 aromatic rings. The van der Waals surface area contributed by atoms with Gasteiger partial charge in [-0.05, 0) is 20.3 Å². The maximum atomic E-state index is 12.1. The smallest absolute Gasteiger partial charge is 0.225 e. The zero-order valence-electron chi connectivity index (χ0n) is 10.8. The number of amides is 1. The number of nitrogens with two attached hydrogens (primary N) is 1. The molecule has 0 fully saturated rings. The van der Waals surface area contributed by atoms with Gasteiger partial charge in [0, 0.05) is 24.9 Å². The Morgan fingerprint density at radius 1 is 1.38 bits per heavy atom. The largest absolute Gasteiger partial charge is 0.393 e. The van der Waals surface area contributed by atoms with E-state index in [0.717, 1.165) is 12.8 Å². The number of hydrogen-bond donors (Lipinski definition) is 1. The molecule has 0 heterocycles. The third-order valence-electron chi connectivity index (χ3n) is 2.65. The molecule has 2 N–H and O–H groups in total. The van der Waals surface area contributed by atoms with Crippen molar-refractivity contribution in [3.05, 3.63) is 0 Å². The molecule has 1 unspecified atom stereocenters. The molecule has 0 aliphatic rings. The zero-order valence-corrected chi connectivity index (χ0v) is 11.6. The van der Waals surface area contributed by atoms with Gasteiger partial charge in [0.2, 0.25) is 5.91 Å². The predicted octanol–water partition coefficient (Wildman–Crippen LogP) is 2.34. The number of nitrogens with zero attached hydrogens (tertiary/aromatic N) is 1. The maximum Gasteiger partial charge on any atom is 0.225 e. The summed E-state index contributed by atoms with van der Waals surface area (Å²) in [4.78, 5) is 14.5. The van der Waals surface area contributed by atoms with E-state index in [1.54, 1.807) is 0 Å². The van der Waals surface area contributed by atoms with Gasteiger partial charge in [-0.2, -0.15) is 0 Å². The molecule has 0 bridgehead atoms. The van der Waals surface area contributed by atoms with Crippen molar-refractivity contribution in [2.24, 2.45) is 11.7 Å². The Morgan fingerprint density at radius 2 is 1.94 bits per heavy atom. The van der Waals surface area contributed by atoms with Gasteiger partial charge in [0.1, 0.15) is 0 Å². The van der Waals surface area contributed by atoms with E-state index in [4.69, 9.17) is 18.0 Å². The van der Waals surface area contributed by atoms with Crippen LogP contribution < -0.4 is 5.73 Å². The summed E-state index contributed by atoms with van der Waals surface area (Å²) < 4.78 is 0. The van der Waals surface area contributed by atoms with E-state index in [2.05, 4.69) is 6.92 Å². The van der Waals surface area contributed by atoms with E-state index in [9.17, 15) is 4.79 Å². The molecule has 0 saturated heterocycles. The summed E-state index contributed by atoms with van der Waals surface area (Å²) >= 11 is 4.84. The fraction of sp³-hybridized carbons (Fsp3) is 0.833. The standard InChI is InChI=1S/C12H24N2OS/c1-5-6-10(4)12(15)14(9(2)3)8-7-11(13)16/h9-10H,5-8H2,1-4H3,(H2,13,16). The summed E-state index contributed by atoms with van der Waals surface area (Å²) in [6.45, 7) is 8.77.